The molecule has 1 fully saturated rings. The van der Waals surface area contributed by atoms with Gasteiger partial charge in [-0.15, -0.1) is 0 Å². The van der Waals surface area contributed by atoms with Crippen LogP contribution in [0.1, 0.15) is 24.8 Å². The summed E-state index contributed by atoms with van der Waals surface area (Å²) in [5.74, 6) is -0.813. The lowest BCUT2D eigenvalue weighted by Gasteiger charge is -2.38. The summed E-state index contributed by atoms with van der Waals surface area (Å²) < 4.78 is 10.3. The molecule has 6 nitrogen and oxygen atoms in total. The molecule has 126 valence electrons. The third-order valence-corrected chi connectivity index (χ3v) is 4.42. The molecule has 0 unspecified atom stereocenters. The molecule has 1 aliphatic rings. The largest absolute Gasteiger partial charge is 0.481 e. The van der Waals surface area contributed by atoms with Crippen molar-refractivity contribution in [1.82, 2.24) is 4.90 Å². The Kier molecular flexibility index (Phi) is 5.98. The number of likely N-dealkylation sites (tertiary alicyclic amines) is 1. The molecule has 0 bridgehead atoms. The van der Waals surface area contributed by atoms with Crippen LogP contribution in [0.3, 0.4) is 0 Å². The number of carboxylic acid groups (broad SMARTS) is 1. The lowest BCUT2D eigenvalue weighted by Crippen LogP contribution is -2.47. The predicted molar refractivity (Wildman–Crippen MR) is 84.0 cm³/mol. The second kappa shape index (κ2) is 7.97. The molecule has 1 heterocycles. The fraction of sp³-hybridized carbons (Fsp3) is 0.529. The molecule has 0 aromatic heterocycles. The lowest BCUT2D eigenvalue weighted by molar-refractivity contribution is -0.153. The van der Waals surface area contributed by atoms with Crippen molar-refractivity contribution in [1.29, 1.82) is 0 Å². The van der Waals surface area contributed by atoms with E-state index in [4.69, 9.17) is 9.47 Å². The first-order chi connectivity index (χ1) is 11.1. The quantitative estimate of drug-likeness (QED) is 0.871. The maximum Gasteiger partial charge on any atom is 0.410 e. The fourth-order valence-corrected chi connectivity index (χ4v) is 2.80. The molecule has 1 saturated heterocycles. The zero-order chi connectivity index (χ0) is 16.7. The van der Waals surface area contributed by atoms with E-state index in [1.54, 1.807) is 12.0 Å². The molecule has 1 aromatic carbocycles. The maximum atomic E-state index is 12.1. The van der Waals surface area contributed by atoms with Crippen molar-refractivity contribution < 1.29 is 24.2 Å². The Bertz CT molecular complexity index is 523. The van der Waals surface area contributed by atoms with Gasteiger partial charge < -0.3 is 19.5 Å². The molecule has 0 atom stereocenters. The monoisotopic (exact) mass is 321 g/mol. The number of hydrogen-bond acceptors (Lipinski definition) is 4. The number of benzene rings is 1. The van der Waals surface area contributed by atoms with Crippen LogP contribution in [-0.4, -0.2) is 48.9 Å². The lowest BCUT2D eigenvalue weighted by atomic mass is 9.76. The van der Waals surface area contributed by atoms with E-state index >= 15 is 0 Å². The molecule has 0 aliphatic carbocycles. The number of hydrogen-bond donors (Lipinski definition) is 1. The van der Waals surface area contributed by atoms with Gasteiger partial charge in [0.25, 0.3) is 0 Å². The molecule has 1 N–H and O–H groups in total. The van der Waals surface area contributed by atoms with Gasteiger partial charge in [0.15, 0.2) is 0 Å². The van der Waals surface area contributed by atoms with Crippen molar-refractivity contribution in [2.75, 3.05) is 26.8 Å². The maximum absolute atomic E-state index is 12.1. The van der Waals surface area contributed by atoms with Crippen molar-refractivity contribution in [2.45, 2.75) is 25.9 Å². The van der Waals surface area contributed by atoms with Gasteiger partial charge in [-0.05, 0) is 24.8 Å². The van der Waals surface area contributed by atoms with Crippen molar-refractivity contribution in [3.63, 3.8) is 0 Å². The topological polar surface area (TPSA) is 76.1 Å². The fourth-order valence-electron chi connectivity index (χ4n) is 2.80. The Morgan fingerprint density at radius 3 is 2.43 bits per heavy atom. The first kappa shape index (κ1) is 17.3. The van der Waals surface area contributed by atoms with Crippen LogP contribution in [0.25, 0.3) is 0 Å². The Morgan fingerprint density at radius 2 is 1.87 bits per heavy atom. The summed E-state index contributed by atoms with van der Waals surface area (Å²) in [5, 5.41) is 9.50. The van der Waals surface area contributed by atoms with Gasteiger partial charge in [0.2, 0.25) is 0 Å². The van der Waals surface area contributed by atoms with Crippen LogP contribution in [0, 0.1) is 5.41 Å². The number of ether oxygens (including phenoxy) is 2. The Morgan fingerprint density at radius 1 is 1.22 bits per heavy atom. The van der Waals surface area contributed by atoms with Crippen molar-refractivity contribution in [2.24, 2.45) is 5.41 Å². The van der Waals surface area contributed by atoms with E-state index < -0.39 is 11.4 Å². The number of carboxylic acids is 1. The minimum absolute atomic E-state index is 0.226. The molecule has 1 amide bonds. The Labute approximate surface area is 136 Å². The minimum Gasteiger partial charge on any atom is -0.481 e. The number of piperidine rings is 1. The summed E-state index contributed by atoms with van der Waals surface area (Å²) in [6, 6.07) is 9.47. The highest BCUT2D eigenvalue weighted by atomic mass is 16.6. The standard InChI is InChI=1S/C17H23NO5/c1-22-12-9-17(15(19)20)7-10-18(11-8-17)16(21)23-13-14-5-3-2-4-6-14/h2-6H,7-13H2,1H3,(H,19,20). The van der Waals surface area contributed by atoms with Crippen molar-refractivity contribution in [3.8, 4) is 0 Å². The highest BCUT2D eigenvalue weighted by Crippen LogP contribution is 2.35. The number of methoxy groups -OCH3 is 1. The number of rotatable bonds is 6. The van der Waals surface area contributed by atoms with Gasteiger partial charge >= 0.3 is 12.1 Å². The van der Waals surface area contributed by atoms with Gasteiger partial charge in [-0.3, -0.25) is 4.79 Å². The zero-order valence-corrected chi connectivity index (χ0v) is 13.4. The molecule has 6 heteroatoms. The Hall–Kier alpha value is -2.08. The summed E-state index contributed by atoms with van der Waals surface area (Å²) in [6.45, 7) is 1.42. The second-order valence-electron chi connectivity index (χ2n) is 5.86. The number of aliphatic carboxylic acids is 1. The highest BCUT2D eigenvalue weighted by molar-refractivity contribution is 5.75. The SMILES string of the molecule is COCCC1(C(=O)O)CCN(C(=O)OCc2ccccc2)CC1. The van der Waals surface area contributed by atoms with Crippen LogP contribution >= 0.6 is 0 Å². The predicted octanol–water partition coefficient (Wildman–Crippen LogP) is 2.53. The van der Waals surface area contributed by atoms with E-state index in [9.17, 15) is 14.7 Å². The molecule has 0 saturated carbocycles. The first-order valence-electron chi connectivity index (χ1n) is 7.75. The van der Waals surface area contributed by atoms with Crippen LogP contribution in [0.15, 0.2) is 30.3 Å². The molecule has 0 radical (unpaired) electrons. The van der Waals surface area contributed by atoms with Crippen LogP contribution in [-0.2, 0) is 20.9 Å². The average Bonchev–Trinajstić information content (AvgIpc) is 2.59. The second-order valence-corrected chi connectivity index (χ2v) is 5.86. The van der Waals surface area contributed by atoms with Crippen molar-refractivity contribution in [3.05, 3.63) is 35.9 Å². The third kappa shape index (κ3) is 4.45. The van der Waals surface area contributed by atoms with Gasteiger partial charge in [0, 0.05) is 26.8 Å². The number of nitrogens with zero attached hydrogens (tertiary/aromatic N) is 1. The van der Waals surface area contributed by atoms with E-state index in [0.717, 1.165) is 5.56 Å². The van der Waals surface area contributed by atoms with Crippen LogP contribution in [0.2, 0.25) is 0 Å². The average molecular weight is 321 g/mol. The summed E-state index contributed by atoms with van der Waals surface area (Å²) in [7, 11) is 1.56. The first-order valence-corrected chi connectivity index (χ1v) is 7.75. The van der Waals surface area contributed by atoms with Gasteiger partial charge in [0.05, 0.1) is 5.41 Å². The van der Waals surface area contributed by atoms with E-state index in [1.165, 1.54) is 0 Å². The van der Waals surface area contributed by atoms with Crippen LogP contribution < -0.4 is 0 Å². The number of amides is 1. The van der Waals surface area contributed by atoms with Gasteiger partial charge in [-0.25, -0.2) is 4.79 Å². The van der Waals surface area contributed by atoms with E-state index in [2.05, 4.69) is 0 Å². The van der Waals surface area contributed by atoms with E-state index in [0.29, 0.717) is 39.0 Å². The summed E-state index contributed by atoms with van der Waals surface area (Å²) in [4.78, 5) is 25.3. The molecular formula is C17H23NO5. The van der Waals surface area contributed by atoms with Crippen LogP contribution in [0.5, 0.6) is 0 Å². The van der Waals surface area contributed by atoms with Gasteiger partial charge in [-0.1, -0.05) is 30.3 Å². The van der Waals surface area contributed by atoms with Crippen molar-refractivity contribution >= 4 is 12.1 Å². The van der Waals surface area contributed by atoms with E-state index in [-0.39, 0.29) is 12.7 Å². The zero-order valence-electron chi connectivity index (χ0n) is 13.4. The summed E-state index contributed by atoms with van der Waals surface area (Å²) in [6.07, 6.45) is 0.920. The smallest absolute Gasteiger partial charge is 0.410 e. The molecule has 2 rings (SSSR count). The normalized spacial score (nSPS) is 16.8. The van der Waals surface area contributed by atoms with Crippen LogP contribution in [0.4, 0.5) is 4.79 Å². The molecule has 23 heavy (non-hydrogen) atoms. The highest BCUT2D eigenvalue weighted by Gasteiger charge is 2.42. The number of carbonyl (C=O) groups is 2. The molecule has 0 spiro atoms. The summed E-state index contributed by atoms with van der Waals surface area (Å²) >= 11 is 0. The third-order valence-electron chi connectivity index (χ3n) is 4.42. The number of carbonyl (C=O) groups excluding carboxylic acids is 1. The minimum atomic E-state index is -0.813. The van der Waals surface area contributed by atoms with Gasteiger partial charge in [0.1, 0.15) is 6.61 Å². The molecule has 1 aromatic rings. The van der Waals surface area contributed by atoms with Gasteiger partial charge in [-0.2, -0.15) is 0 Å². The van der Waals surface area contributed by atoms with E-state index in [1.807, 2.05) is 30.3 Å². The molecular weight excluding hydrogens is 298 g/mol. The molecule has 1 aliphatic heterocycles. The Balaban J connectivity index is 1.85. The summed E-state index contributed by atoms with van der Waals surface area (Å²) in [5.41, 5.74) is 0.129.